The molecule has 0 fully saturated rings. The van der Waals surface area contributed by atoms with E-state index in [1.807, 2.05) is 12.1 Å². The number of pyridine rings is 1. The fourth-order valence-electron chi connectivity index (χ4n) is 1.76. The van der Waals surface area contributed by atoms with Crippen molar-refractivity contribution in [3.8, 4) is 11.6 Å². The molecule has 1 heterocycles. The average molecular weight is 325 g/mol. The van der Waals surface area contributed by atoms with Gasteiger partial charge < -0.3 is 10.1 Å². The highest BCUT2D eigenvalue weighted by molar-refractivity contribution is 6.42. The third kappa shape index (κ3) is 4.88. The molecule has 3 nitrogen and oxygen atoms in total. The number of benzene rings is 1. The zero-order chi connectivity index (χ0) is 15.2. The lowest BCUT2D eigenvalue weighted by molar-refractivity contribution is 0.462. The minimum atomic E-state index is 0.392. The van der Waals surface area contributed by atoms with Crippen LogP contribution >= 0.6 is 23.2 Å². The van der Waals surface area contributed by atoms with Gasteiger partial charge in [-0.3, -0.25) is 0 Å². The number of halogens is 2. The van der Waals surface area contributed by atoms with Crippen molar-refractivity contribution in [3.05, 3.63) is 52.1 Å². The van der Waals surface area contributed by atoms with Crippen LogP contribution in [0.2, 0.25) is 10.0 Å². The van der Waals surface area contributed by atoms with Crippen LogP contribution in [0.1, 0.15) is 19.4 Å². The molecule has 0 amide bonds. The number of hydrogen-bond acceptors (Lipinski definition) is 3. The minimum Gasteiger partial charge on any atom is -0.437 e. The van der Waals surface area contributed by atoms with E-state index >= 15 is 0 Å². The van der Waals surface area contributed by atoms with Crippen LogP contribution in [-0.2, 0) is 6.54 Å². The lowest BCUT2D eigenvalue weighted by atomic mass is 10.2. The van der Waals surface area contributed by atoms with Gasteiger partial charge in [0, 0.05) is 18.8 Å². The normalized spacial score (nSPS) is 10.9. The quantitative estimate of drug-likeness (QED) is 0.818. The summed E-state index contributed by atoms with van der Waals surface area (Å²) in [6, 6.07) is 9.06. The number of hydrogen-bond donors (Lipinski definition) is 1. The number of nitrogens with one attached hydrogen (secondary N) is 1. The molecule has 0 spiro atoms. The molecule has 0 saturated carbocycles. The smallest absolute Gasteiger partial charge is 0.219 e. The summed E-state index contributed by atoms with van der Waals surface area (Å²) in [6.45, 7) is 6.13. The van der Waals surface area contributed by atoms with Gasteiger partial charge in [0.1, 0.15) is 10.8 Å². The van der Waals surface area contributed by atoms with Gasteiger partial charge >= 0.3 is 0 Å². The van der Waals surface area contributed by atoms with E-state index in [4.69, 9.17) is 27.9 Å². The Morgan fingerprint density at radius 1 is 1.19 bits per heavy atom. The molecule has 0 bridgehead atoms. The average Bonchev–Trinajstić information content (AvgIpc) is 2.45. The van der Waals surface area contributed by atoms with Crippen molar-refractivity contribution in [1.82, 2.24) is 10.3 Å². The Balaban J connectivity index is 1.97. The molecule has 0 radical (unpaired) electrons. The van der Waals surface area contributed by atoms with E-state index in [-0.39, 0.29) is 0 Å². The number of aromatic nitrogens is 1. The Morgan fingerprint density at radius 3 is 2.67 bits per heavy atom. The molecule has 0 aliphatic rings. The van der Waals surface area contributed by atoms with Gasteiger partial charge in [-0.2, -0.15) is 0 Å². The Kier molecular flexibility index (Phi) is 5.85. The predicted molar refractivity (Wildman–Crippen MR) is 87.3 cm³/mol. The Morgan fingerprint density at radius 2 is 2.00 bits per heavy atom. The fraction of sp³-hybridized carbons (Fsp3) is 0.312. The second kappa shape index (κ2) is 7.64. The maximum Gasteiger partial charge on any atom is 0.219 e. The fourth-order valence-corrected chi connectivity index (χ4v) is 2.09. The molecule has 1 aromatic heterocycles. The van der Waals surface area contributed by atoms with Crippen molar-refractivity contribution >= 4 is 23.2 Å². The Hall–Kier alpha value is -1.29. The third-order valence-electron chi connectivity index (χ3n) is 2.81. The zero-order valence-corrected chi connectivity index (χ0v) is 13.6. The van der Waals surface area contributed by atoms with Crippen LogP contribution in [0.5, 0.6) is 11.6 Å². The Bertz CT molecular complexity index is 585. The van der Waals surface area contributed by atoms with Crippen molar-refractivity contribution < 1.29 is 4.74 Å². The summed E-state index contributed by atoms with van der Waals surface area (Å²) in [4.78, 5) is 4.28. The van der Waals surface area contributed by atoms with Gasteiger partial charge in [0.15, 0.2) is 0 Å². The lowest BCUT2D eigenvalue weighted by Gasteiger charge is -2.09. The molecule has 1 aromatic carbocycles. The van der Waals surface area contributed by atoms with Gasteiger partial charge in [-0.25, -0.2) is 4.98 Å². The molecular weight excluding hydrogens is 307 g/mol. The lowest BCUT2D eigenvalue weighted by Crippen LogP contribution is -2.18. The summed E-state index contributed by atoms with van der Waals surface area (Å²) < 4.78 is 5.64. The van der Waals surface area contributed by atoms with Gasteiger partial charge in [0.25, 0.3) is 0 Å². The molecule has 5 heteroatoms. The first kappa shape index (κ1) is 16.1. The van der Waals surface area contributed by atoms with Gasteiger partial charge in [0.2, 0.25) is 5.88 Å². The molecule has 2 aromatic rings. The third-order valence-corrected chi connectivity index (χ3v) is 3.61. The molecule has 1 N–H and O–H groups in total. The van der Waals surface area contributed by atoms with Crippen LogP contribution in [0.4, 0.5) is 0 Å². The van der Waals surface area contributed by atoms with Crippen LogP contribution < -0.4 is 10.1 Å². The van der Waals surface area contributed by atoms with E-state index < -0.39 is 0 Å². The molecule has 0 saturated heterocycles. The van der Waals surface area contributed by atoms with Crippen LogP contribution in [0.25, 0.3) is 0 Å². The molecule has 21 heavy (non-hydrogen) atoms. The van der Waals surface area contributed by atoms with E-state index in [0.717, 1.165) is 18.7 Å². The maximum absolute atomic E-state index is 6.08. The van der Waals surface area contributed by atoms with Gasteiger partial charge in [-0.15, -0.1) is 0 Å². The van der Waals surface area contributed by atoms with Crippen molar-refractivity contribution in [1.29, 1.82) is 0 Å². The first-order valence-corrected chi connectivity index (χ1v) is 7.59. The van der Waals surface area contributed by atoms with E-state index in [9.17, 15) is 0 Å². The van der Waals surface area contributed by atoms with E-state index in [1.54, 1.807) is 24.4 Å². The molecule has 112 valence electrons. The number of ether oxygens (including phenoxy) is 1. The second-order valence-corrected chi connectivity index (χ2v) is 5.97. The van der Waals surface area contributed by atoms with Crippen molar-refractivity contribution in [2.45, 2.75) is 20.4 Å². The number of nitrogens with zero attached hydrogens (tertiary/aromatic N) is 1. The van der Waals surface area contributed by atoms with Crippen molar-refractivity contribution in [3.63, 3.8) is 0 Å². The van der Waals surface area contributed by atoms with Crippen LogP contribution in [-0.4, -0.2) is 11.5 Å². The summed E-state index contributed by atoms with van der Waals surface area (Å²) in [7, 11) is 0. The highest BCUT2D eigenvalue weighted by Gasteiger charge is 2.07. The van der Waals surface area contributed by atoms with E-state index in [1.165, 1.54) is 0 Å². The predicted octanol–water partition coefficient (Wildman–Crippen LogP) is 4.93. The molecule has 2 rings (SSSR count). The summed E-state index contributed by atoms with van der Waals surface area (Å²) >= 11 is 12.0. The van der Waals surface area contributed by atoms with Crippen LogP contribution in [0.15, 0.2) is 36.5 Å². The van der Waals surface area contributed by atoms with E-state index in [0.29, 0.717) is 27.6 Å². The van der Waals surface area contributed by atoms with Crippen molar-refractivity contribution in [2.75, 3.05) is 6.54 Å². The van der Waals surface area contributed by atoms with Crippen molar-refractivity contribution in [2.24, 2.45) is 5.92 Å². The SMILES string of the molecule is CC(C)CNCc1ccc(Oc2cccc(Cl)c2Cl)nc1. The second-order valence-electron chi connectivity index (χ2n) is 5.18. The van der Waals surface area contributed by atoms with E-state index in [2.05, 4.69) is 24.1 Å². The molecule has 0 atom stereocenters. The standard InChI is InChI=1S/C16H18Cl2N2O/c1-11(2)8-19-9-12-6-7-15(20-10-12)21-14-5-3-4-13(17)16(14)18/h3-7,10-11,19H,8-9H2,1-2H3. The Labute approximate surface area is 135 Å². The van der Waals surface area contributed by atoms with Gasteiger partial charge in [-0.1, -0.05) is 49.2 Å². The first-order valence-electron chi connectivity index (χ1n) is 6.84. The highest BCUT2D eigenvalue weighted by Crippen LogP contribution is 2.33. The van der Waals surface area contributed by atoms with Crippen LogP contribution in [0.3, 0.4) is 0 Å². The first-order chi connectivity index (χ1) is 10.1. The van der Waals surface area contributed by atoms with Gasteiger partial charge in [0.05, 0.1) is 5.02 Å². The zero-order valence-electron chi connectivity index (χ0n) is 12.1. The number of rotatable bonds is 6. The molecular formula is C16H18Cl2N2O. The van der Waals surface area contributed by atoms with Gasteiger partial charge in [-0.05, 0) is 30.2 Å². The summed E-state index contributed by atoms with van der Waals surface area (Å²) in [5, 5.41) is 4.22. The summed E-state index contributed by atoms with van der Waals surface area (Å²) in [5.74, 6) is 1.62. The summed E-state index contributed by atoms with van der Waals surface area (Å²) in [6.07, 6.45) is 1.79. The molecule has 0 aliphatic heterocycles. The van der Waals surface area contributed by atoms with Crippen LogP contribution in [0, 0.1) is 5.92 Å². The topological polar surface area (TPSA) is 34.1 Å². The maximum atomic E-state index is 6.08. The molecule has 0 unspecified atom stereocenters. The molecule has 0 aliphatic carbocycles. The largest absolute Gasteiger partial charge is 0.437 e. The highest BCUT2D eigenvalue weighted by atomic mass is 35.5. The monoisotopic (exact) mass is 324 g/mol. The minimum absolute atomic E-state index is 0.392. The summed E-state index contributed by atoms with van der Waals surface area (Å²) in [5.41, 5.74) is 1.11.